The molecule has 0 amide bonds. The van der Waals surface area contributed by atoms with Gasteiger partial charge in [0.25, 0.3) is 0 Å². The van der Waals surface area contributed by atoms with Crippen molar-refractivity contribution >= 4 is 21.3 Å². The van der Waals surface area contributed by atoms with Crippen molar-refractivity contribution in [2.45, 2.75) is 76.0 Å². The lowest BCUT2D eigenvalue weighted by Crippen LogP contribution is -2.25. The minimum absolute atomic E-state index is 0.112. The maximum absolute atomic E-state index is 11.9. The quantitative estimate of drug-likeness (QED) is 0.815. The molecule has 1 aliphatic heterocycles. The molecule has 1 saturated carbocycles. The molecule has 28 heavy (non-hydrogen) atoms. The first kappa shape index (κ1) is 19.5. The molecule has 2 atom stereocenters. The van der Waals surface area contributed by atoms with Gasteiger partial charge in [-0.05, 0) is 70.2 Å². The summed E-state index contributed by atoms with van der Waals surface area (Å²) >= 11 is 0. The fourth-order valence-corrected chi connectivity index (χ4v) is 5.98. The van der Waals surface area contributed by atoms with Crippen molar-refractivity contribution in [3.8, 4) is 0 Å². The molecule has 0 bridgehead atoms. The van der Waals surface area contributed by atoms with Crippen molar-refractivity contribution in [1.29, 1.82) is 0 Å². The first-order valence-corrected chi connectivity index (χ1v) is 11.7. The van der Waals surface area contributed by atoms with Gasteiger partial charge in [-0.1, -0.05) is 6.07 Å². The van der Waals surface area contributed by atoms with Crippen LogP contribution in [0.4, 0.5) is 11.5 Å². The summed E-state index contributed by atoms with van der Waals surface area (Å²) in [5, 5.41) is 18.4. The molecule has 2 N–H and O–H groups in total. The third kappa shape index (κ3) is 3.57. The van der Waals surface area contributed by atoms with E-state index >= 15 is 0 Å². The molecule has 0 spiro atoms. The average molecular weight is 404 g/mol. The molecule has 2 aliphatic rings. The molecule has 6 nitrogen and oxygen atoms in total. The summed E-state index contributed by atoms with van der Waals surface area (Å²) < 4.78 is 25.9. The van der Waals surface area contributed by atoms with E-state index in [1.54, 1.807) is 0 Å². The van der Waals surface area contributed by atoms with Gasteiger partial charge in [0.1, 0.15) is 5.82 Å². The minimum Gasteiger partial charge on any atom is -0.393 e. The van der Waals surface area contributed by atoms with Gasteiger partial charge in [-0.25, -0.2) is 13.1 Å². The van der Waals surface area contributed by atoms with Gasteiger partial charge in [-0.15, -0.1) is 0 Å². The summed E-state index contributed by atoms with van der Waals surface area (Å²) in [6.07, 6.45) is 2.31. The average Bonchev–Trinajstić information content (AvgIpc) is 3.22. The molecule has 2 heterocycles. The maximum atomic E-state index is 11.9. The smallest absolute Gasteiger partial charge is 0.158 e. The molecule has 1 aromatic carbocycles. The molecule has 0 unspecified atom stereocenters. The Morgan fingerprint density at radius 1 is 1.18 bits per heavy atom. The number of sulfone groups is 1. The number of hydrogen-bond donors (Lipinski definition) is 2. The van der Waals surface area contributed by atoms with Crippen LogP contribution in [0.2, 0.25) is 0 Å². The second-order valence-corrected chi connectivity index (χ2v) is 11.3. The molecule has 1 aromatic heterocycles. The molecule has 2 aromatic rings. The number of aliphatic hydroxyl groups is 1. The van der Waals surface area contributed by atoms with Crippen molar-refractivity contribution in [3.05, 3.63) is 40.6 Å². The molecule has 0 saturated heterocycles. The number of nitrogens with zero attached hydrogens (tertiary/aromatic N) is 2. The molecule has 152 valence electrons. The van der Waals surface area contributed by atoms with Gasteiger partial charge in [0.15, 0.2) is 9.84 Å². The van der Waals surface area contributed by atoms with E-state index in [9.17, 15) is 13.5 Å². The Morgan fingerprint density at radius 2 is 1.89 bits per heavy atom. The third-order valence-electron chi connectivity index (χ3n) is 5.81. The first-order valence-electron chi connectivity index (χ1n) is 9.91. The van der Waals surface area contributed by atoms with E-state index in [4.69, 9.17) is 5.10 Å². The van der Waals surface area contributed by atoms with Crippen LogP contribution in [0.1, 0.15) is 68.3 Å². The number of benzene rings is 1. The van der Waals surface area contributed by atoms with Gasteiger partial charge in [-0.2, -0.15) is 5.10 Å². The molecular formula is C21H29N3O3S. The van der Waals surface area contributed by atoms with Crippen LogP contribution < -0.4 is 5.32 Å². The lowest BCUT2D eigenvalue weighted by molar-refractivity contribution is 0.181. The summed E-state index contributed by atoms with van der Waals surface area (Å²) in [4.78, 5) is 0. The van der Waals surface area contributed by atoms with Crippen LogP contribution in [0.15, 0.2) is 18.2 Å². The van der Waals surface area contributed by atoms with Crippen molar-refractivity contribution in [1.82, 2.24) is 9.78 Å². The zero-order valence-corrected chi connectivity index (χ0v) is 17.8. The van der Waals surface area contributed by atoms with E-state index in [2.05, 4.69) is 33.0 Å². The number of rotatable bonds is 3. The lowest BCUT2D eigenvalue weighted by Gasteiger charge is -2.23. The second kappa shape index (κ2) is 6.59. The molecule has 1 aliphatic carbocycles. The van der Waals surface area contributed by atoms with E-state index in [0.29, 0.717) is 0 Å². The van der Waals surface area contributed by atoms with Crippen LogP contribution in [0.5, 0.6) is 0 Å². The van der Waals surface area contributed by atoms with E-state index in [0.717, 1.165) is 53.2 Å². The van der Waals surface area contributed by atoms with Crippen LogP contribution >= 0.6 is 0 Å². The lowest BCUT2D eigenvalue weighted by atomic mass is 10.0. The normalized spacial score (nSPS) is 23.8. The molecular weight excluding hydrogens is 374 g/mol. The first-order chi connectivity index (χ1) is 13.0. The predicted molar refractivity (Wildman–Crippen MR) is 111 cm³/mol. The summed E-state index contributed by atoms with van der Waals surface area (Å²) in [6, 6.07) is 5.79. The molecule has 4 rings (SSSR count). The van der Waals surface area contributed by atoms with Gasteiger partial charge < -0.3 is 10.4 Å². The van der Waals surface area contributed by atoms with Crippen LogP contribution in [0.25, 0.3) is 0 Å². The van der Waals surface area contributed by atoms with Crippen molar-refractivity contribution in [2.24, 2.45) is 0 Å². The number of nitrogens with one attached hydrogen (secondary N) is 1. The highest BCUT2D eigenvalue weighted by atomic mass is 32.2. The second-order valence-electron chi connectivity index (χ2n) is 9.25. The number of fused-ring (bicyclic) bond motifs is 1. The Morgan fingerprint density at radius 3 is 2.54 bits per heavy atom. The highest BCUT2D eigenvalue weighted by Crippen LogP contribution is 2.39. The summed E-state index contributed by atoms with van der Waals surface area (Å²) in [7, 11) is -3.02. The van der Waals surface area contributed by atoms with Gasteiger partial charge in [0.2, 0.25) is 0 Å². The van der Waals surface area contributed by atoms with Crippen LogP contribution in [0.3, 0.4) is 0 Å². The predicted octanol–water partition coefficient (Wildman–Crippen LogP) is 3.75. The van der Waals surface area contributed by atoms with Crippen molar-refractivity contribution in [3.63, 3.8) is 0 Å². The maximum Gasteiger partial charge on any atom is 0.158 e. The van der Waals surface area contributed by atoms with E-state index in [-0.39, 0.29) is 29.1 Å². The van der Waals surface area contributed by atoms with Crippen LogP contribution in [-0.4, -0.2) is 29.4 Å². The van der Waals surface area contributed by atoms with E-state index < -0.39 is 9.84 Å². The molecule has 0 radical (unpaired) electrons. The largest absolute Gasteiger partial charge is 0.393 e. The highest BCUT2D eigenvalue weighted by molar-refractivity contribution is 7.90. The van der Waals surface area contributed by atoms with Crippen LogP contribution in [0, 0.1) is 6.92 Å². The van der Waals surface area contributed by atoms with Crippen molar-refractivity contribution < 1.29 is 13.5 Å². The number of anilines is 2. The minimum atomic E-state index is -3.02. The Balaban J connectivity index is 1.71. The molecule has 1 fully saturated rings. The number of hydrogen-bond acceptors (Lipinski definition) is 5. The zero-order chi connectivity index (χ0) is 20.3. The Bertz CT molecular complexity index is 1020. The number of aromatic nitrogens is 2. The third-order valence-corrected chi connectivity index (χ3v) is 7.31. The van der Waals surface area contributed by atoms with E-state index in [1.165, 1.54) is 0 Å². The summed E-state index contributed by atoms with van der Waals surface area (Å²) in [5.74, 6) is 1.46. The molecule has 7 heteroatoms. The van der Waals surface area contributed by atoms with E-state index in [1.807, 2.05) is 22.9 Å². The van der Waals surface area contributed by atoms with Gasteiger partial charge in [0, 0.05) is 17.2 Å². The van der Waals surface area contributed by atoms with Gasteiger partial charge in [0.05, 0.1) is 28.8 Å². The monoisotopic (exact) mass is 403 g/mol. The fourth-order valence-electron chi connectivity index (χ4n) is 4.38. The Labute approximate surface area is 166 Å². The summed E-state index contributed by atoms with van der Waals surface area (Å²) in [6.45, 7) is 8.43. The Hall–Kier alpha value is -1.86. The van der Waals surface area contributed by atoms with Gasteiger partial charge >= 0.3 is 0 Å². The SMILES string of the molecule is Cc1c([C@H]2CC[C@@H](O)C2)nn(C(C)(C)C)c1Nc1ccc2c(c1)CS(=O)(=O)C2. The summed E-state index contributed by atoms with van der Waals surface area (Å²) in [5.41, 5.74) is 4.60. The topological polar surface area (TPSA) is 84.2 Å². The fraction of sp³-hybridized carbons (Fsp3) is 0.571. The van der Waals surface area contributed by atoms with Gasteiger partial charge in [-0.3, -0.25) is 0 Å². The zero-order valence-electron chi connectivity index (χ0n) is 17.0. The Kier molecular flexibility index (Phi) is 4.58. The highest BCUT2D eigenvalue weighted by Gasteiger charge is 2.32. The standard InChI is InChI=1S/C21H29N3O3S/c1-13-19(14-6-8-18(25)10-14)23-24(21(2,3)4)20(13)22-17-7-5-15-11-28(26,27)12-16(15)9-17/h5,7,9,14,18,22,25H,6,8,10-12H2,1-4H3/t14-,18+/m0/s1. The van der Waals surface area contributed by atoms with Crippen LogP contribution in [-0.2, 0) is 26.9 Å². The van der Waals surface area contributed by atoms with Crippen molar-refractivity contribution in [2.75, 3.05) is 5.32 Å². The number of aliphatic hydroxyl groups excluding tert-OH is 1.